The molecule has 19 heavy (non-hydrogen) atoms. The van der Waals surface area contributed by atoms with Crippen LogP contribution in [-0.4, -0.2) is 61.4 Å². The van der Waals surface area contributed by atoms with Crippen LogP contribution in [0.2, 0.25) is 0 Å². The molecular formula is C11H21N5O3. The van der Waals surface area contributed by atoms with E-state index in [0.717, 1.165) is 0 Å². The Morgan fingerprint density at radius 3 is 2.95 bits per heavy atom. The lowest BCUT2D eigenvalue weighted by Crippen LogP contribution is -2.31. The third-order valence-corrected chi connectivity index (χ3v) is 2.52. The van der Waals surface area contributed by atoms with Gasteiger partial charge in [-0.1, -0.05) is 5.10 Å². The molecule has 0 spiro atoms. The summed E-state index contributed by atoms with van der Waals surface area (Å²) in [5.41, 5.74) is 0. The lowest BCUT2D eigenvalue weighted by Gasteiger charge is -2.13. The normalized spacial score (nSPS) is 10.5. The van der Waals surface area contributed by atoms with Crippen molar-refractivity contribution < 1.29 is 13.9 Å². The number of carbonyl (C=O) groups is 1. The highest BCUT2D eigenvalue weighted by Gasteiger charge is 2.09. The quantitative estimate of drug-likeness (QED) is 0.595. The fraction of sp³-hybridized carbons (Fsp3) is 0.727. The predicted octanol–water partition coefficient (Wildman–Crippen LogP) is -0.304. The van der Waals surface area contributed by atoms with Crippen molar-refractivity contribution in [3.63, 3.8) is 0 Å². The third kappa shape index (κ3) is 5.66. The van der Waals surface area contributed by atoms with E-state index in [1.54, 1.807) is 19.1 Å². The monoisotopic (exact) mass is 271 g/mol. The van der Waals surface area contributed by atoms with E-state index in [1.165, 1.54) is 0 Å². The number of aromatic nitrogens is 2. The number of carbonyl (C=O) groups excluding carboxylic acids is 1. The fourth-order valence-corrected chi connectivity index (χ4v) is 1.23. The van der Waals surface area contributed by atoms with Crippen molar-refractivity contribution in [2.75, 3.05) is 45.7 Å². The topological polar surface area (TPSA) is 92.5 Å². The van der Waals surface area contributed by atoms with Gasteiger partial charge in [0.25, 0.3) is 0 Å². The Morgan fingerprint density at radius 1 is 1.47 bits per heavy atom. The van der Waals surface area contributed by atoms with Crippen LogP contribution in [0.4, 0.5) is 6.01 Å². The molecule has 0 saturated heterocycles. The molecule has 0 radical (unpaired) electrons. The highest BCUT2D eigenvalue weighted by atomic mass is 16.5. The Morgan fingerprint density at radius 2 is 2.26 bits per heavy atom. The summed E-state index contributed by atoms with van der Waals surface area (Å²) in [5, 5.41) is 13.5. The average molecular weight is 271 g/mol. The second kappa shape index (κ2) is 8.44. The molecule has 8 heteroatoms. The molecule has 0 unspecified atom stereocenters. The van der Waals surface area contributed by atoms with Gasteiger partial charge in [-0.25, -0.2) is 0 Å². The van der Waals surface area contributed by atoms with Gasteiger partial charge in [-0.05, 0) is 6.92 Å². The zero-order valence-corrected chi connectivity index (χ0v) is 11.6. The van der Waals surface area contributed by atoms with Gasteiger partial charge in [-0.3, -0.25) is 4.79 Å². The summed E-state index contributed by atoms with van der Waals surface area (Å²) in [6.07, 6.45) is 0. The van der Waals surface area contributed by atoms with Gasteiger partial charge in [0.1, 0.15) is 0 Å². The highest BCUT2D eigenvalue weighted by Crippen LogP contribution is 2.04. The smallest absolute Gasteiger partial charge is 0.315 e. The molecule has 1 rings (SSSR count). The second-order valence-electron chi connectivity index (χ2n) is 3.93. The van der Waals surface area contributed by atoms with E-state index in [1.807, 2.05) is 6.92 Å². The van der Waals surface area contributed by atoms with E-state index >= 15 is 0 Å². The number of methoxy groups -OCH3 is 1. The number of ether oxygens (including phenoxy) is 1. The summed E-state index contributed by atoms with van der Waals surface area (Å²) < 4.78 is 10.2. The molecule has 1 aromatic heterocycles. The van der Waals surface area contributed by atoms with Crippen LogP contribution in [0.25, 0.3) is 0 Å². The number of rotatable bonds is 9. The molecule has 1 heterocycles. The van der Waals surface area contributed by atoms with E-state index < -0.39 is 0 Å². The van der Waals surface area contributed by atoms with E-state index in [0.29, 0.717) is 32.1 Å². The predicted molar refractivity (Wildman–Crippen MR) is 69.7 cm³/mol. The molecule has 1 aromatic rings. The fourth-order valence-electron chi connectivity index (χ4n) is 1.23. The highest BCUT2D eigenvalue weighted by molar-refractivity contribution is 5.79. The number of amides is 1. The molecule has 0 aliphatic heterocycles. The van der Waals surface area contributed by atoms with Crippen LogP contribution < -0.4 is 10.6 Å². The van der Waals surface area contributed by atoms with Gasteiger partial charge in [0.2, 0.25) is 11.8 Å². The number of nitrogens with one attached hydrogen (secondary N) is 2. The molecule has 108 valence electrons. The molecule has 0 atom stereocenters. The number of nitrogens with zero attached hydrogens (tertiary/aromatic N) is 3. The lowest BCUT2D eigenvalue weighted by atomic mass is 10.5. The first-order valence-corrected chi connectivity index (χ1v) is 6.17. The summed E-state index contributed by atoms with van der Waals surface area (Å²) >= 11 is 0. The molecule has 0 aromatic carbocycles. The van der Waals surface area contributed by atoms with Crippen molar-refractivity contribution in [3.8, 4) is 0 Å². The lowest BCUT2D eigenvalue weighted by molar-refractivity contribution is -0.127. The maximum absolute atomic E-state index is 11.5. The van der Waals surface area contributed by atoms with Gasteiger partial charge in [0.05, 0.1) is 19.7 Å². The summed E-state index contributed by atoms with van der Waals surface area (Å²) in [4.78, 5) is 13.2. The Labute approximate surface area is 112 Å². The van der Waals surface area contributed by atoms with Crippen LogP contribution in [0, 0.1) is 0 Å². The maximum atomic E-state index is 11.5. The van der Waals surface area contributed by atoms with Gasteiger partial charge < -0.3 is 24.7 Å². The molecule has 0 fully saturated rings. The van der Waals surface area contributed by atoms with Gasteiger partial charge in [0.15, 0.2) is 0 Å². The van der Waals surface area contributed by atoms with Crippen molar-refractivity contribution in [1.82, 2.24) is 20.4 Å². The number of hydrogen-bond acceptors (Lipinski definition) is 7. The van der Waals surface area contributed by atoms with E-state index in [4.69, 9.17) is 9.15 Å². The van der Waals surface area contributed by atoms with E-state index in [9.17, 15) is 4.79 Å². The summed E-state index contributed by atoms with van der Waals surface area (Å²) in [5.74, 6) is 0.440. The Bertz CT molecular complexity index is 382. The van der Waals surface area contributed by atoms with Crippen LogP contribution in [0.1, 0.15) is 12.8 Å². The average Bonchev–Trinajstić information content (AvgIpc) is 2.88. The number of anilines is 1. The van der Waals surface area contributed by atoms with Crippen LogP contribution in [-0.2, 0) is 16.1 Å². The third-order valence-electron chi connectivity index (χ3n) is 2.52. The zero-order chi connectivity index (χ0) is 14.1. The number of hydrogen-bond donors (Lipinski definition) is 2. The Hall–Kier alpha value is -1.67. The van der Waals surface area contributed by atoms with Crippen molar-refractivity contribution in [2.45, 2.75) is 13.5 Å². The van der Waals surface area contributed by atoms with Crippen molar-refractivity contribution >= 4 is 11.9 Å². The van der Waals surface area contributed by atoms with Crippen molar-refractivity contribution in [2.24, 2.45) is 0 Å². The first-order chi connectivity index (χ1) is 9.17. The van der Waals surface area contributed by atoms with Crippen molar-refractivity contribution in [1.29, 1.82) is 0 Å². The molecular weight excluding hydrogens is 250 g/mol. The molecule has 1 amide bonds. The molecule has 0 aliphatic rings. The Kier molecular flexibility index (Phi) is 6.83. The summed E-state index contributed by atoms with van der Waals surface area (Å²) in [7, 11) is 3.38. The van der Waals surface area contributed by atoms with Gasteiger partial charge >= 0.3 is 6.01 Å². The zero-order valence-electron chi connectivity index (χ0n) is 11.6. The van der Waals surface area contributed by atoms with E-state index in [2.05, 4.69) is 20.8 Å². The number of likely N-dealkylation sites (N-methyl/N-ethyl adjacent to an activating group) is 1. The molecule has 0 bridgehead atoms. The van der Waals surface area contributed by atoms with Crippen LogP contribution >= 0.6 is 0 Å². The molecule has 0 saturated carbocycles. The largest absolute Gasteiger partial charge is 0.407 e. The minimum atomic E-state index is -0.0273. The van der Waals surface area contributed by atoms with Crippen LogP contribution in [0.15, 0.2) is 4.42 Å². The minimum absolute atomic E-state index is 0.0273. The summed E-state index contributed by atoms with van der Waals surface area (Å²) in [6, 6.07) is 0.251. The standard InChI is InChI=1S/C11H21N5O3/c1-4-16(2)10(17)8-13-11-15-14-9(19-11)7-12-5-6-18-3/h12H,4-8H2,1-3H3,(H,13,15). The van der Waals surface area contributed by atoms with Crippen molar-refractivity contribution in [3.05, 3.63) is 5.89 Å². The first kappa shape index (κ1) is 15.4. The first-order valence-electron chi connectivity index (χ1n) is 6.17. The summed E-state index contributed by atoms with van der Waals surface area (Å²) in [6.45, 7) is 4.52. The molecule has 2 N–H and O–H groups in total. The second-order valence-corrected chi connectivity index (χ2v) is 3.93. The Balaban J connectivity index is 2.28. The van der Waals surface area contributed by atoms with E-state index in [-0.39, 0.29) is 18.5 Å². The molecule has 0 aliphatic carbocycles. The van der Waals surface area contributed by atoms with Crippen LogP contribution in [0.3, 0.4) is 0 Å². The maximum Gasteiger partial charge on any atom is 0.315 e. The SMILES string of the molecule is CCN(C)C(=O)CNc1nnc(CNCCOC)o1. The van der Waals surface area contributed by atoms with Crippen LogP contribution in [0.5, 0.6) is 0 Å². The van der Waals surface area contributed by atoms with Gasteiger partial charge in [0, 0.05) is 27.2 Å². The van der Waals surface area contributed by atoms with Gasteiger partial charge in [-0.15, -0.1) is 5.10 Å². The molecule has 8 nitrogen and oxygen atoms in total. The van der Waals surface area contributed by atoms with Gasteiger partial charge in [-0.2, -0.15) is 0 Å². The minimum Gasteiger partial charge on any atom is -0.407 e.